The first-order valence-electron chi connectivity index (χ1n) is 10.9. The Kier molecular flexibility index (Phi) is 10.6. The second-order valence-electron chi connectivity index (χ2n) is 9.43. The van der Waals surface area contributed by atoms with E-state index in [1.54, 1.807) is 4.90 Å². The van der Waals surface area contributed by atoms with E-state index in [4.69, 9.17) is 0 Å². The van der Waals surface area contributed by atoms with Crippen LogP contribution in [-0.2, 0) is 14.4 Å². The minimum absolute atomic E-state index is 0.000503. The van der Waals surface area contributed by atoms with Gasteiger partial charge in [0.05, 0.1) is 13.1 Å². The highest BCUT2D eigenvalue weighted by Gasteiger charge is 2.22. The summed E-state index contributed by atoms with van der Waals surface area (Å²) in [5.41, 5.74) is 1.96. The summed E-state index contributed by atoms with van der Waals surface area (Å²) in [7, 11) is 0. The molecule has 1 aromatic carbocycles. The van der Waals surface area contributed by atoms with Gasteiger partial charge in [0.15, 0.2) is 0 Å². The van der Waals surface area contributed by atoms with Gasteiger partial charge in [-0.2, -0.15) is 0 Å². The van der Waals surface area contributed by atoms with Crippen molar-refractivity contribution < 1.29 is 14.4 Å². The number of carbonyl (C=O) groups is 3. The normalized spacial score (nSPS) is 12.2. The minimum atomic E-state index is -0.318. The molecule has 0 aliphatic carbocycles. The largest absolute Gasteiger partial charge is 0.345 e. The Balaban J connectivity index is 2.53. The molecule has 1 atom stereocenters. The number of nitrogens with one attached hydrogen (secondary N) is 2. The second kappa shape index (κ2) is 12.4. The summed E-state index contributed by atoms with van der Waals surface area (Å²) in [5, 5.41) is 5.37. The molecular weight excluding hydrogens is 378 g/mol. The topological polar surface area (TPSA) is 78.5 Å². The van der Waals surface area contributed by atoms with Crippen molar-refractivity contribution in [3.8, 4) is 0 Å². The van der Waals surface area contributed by atoms with E-state index >= 15 is 0 Å². The highest BCUT2D eigenvalue weighted by molar-refractivity contribution is 5.95. The third-order valence-electron chi connectivity index (χ3n) is 4.73. The van der Waals surface area contributed by atoms with Gasteiger partial charge < -0.3 is 15.5 Å². The Bertz CT molecular complexity index is 693. The molecule has 0 spiro atoms. The molecule has 0 aliphatic heterocycles. The summed E-state index contributed by atoms with van der Waals surface area (Å²) in [6.07, 6.45) is 3.18. The van der Waals surface area contributed by atoms with Gasteiger partial charge in [-0.25, -0.2) is 0 Å². The fraction of sp³-hybridized carbons (Fsp3) is 0.625. The monoisotopic (exact) mass is 417 g/mol. The summed E-state index contributed by atoms with van der Waals surface area (Å²) in [5.74, 6) is -0.358. The van der Waals surface area contributed by atoms with Gasteiger partial charge in [0.1, 0.15) is 0 Å². The number of hydrogen-bond acceptors (Lipinski definition) is 3. The van der Waals surface area contributed by atoms with Crippen molar-refractivity contribution in [2.75, 3.05) is 25.0 Å². The molecule has 0 fully saturated rings. The van der Waals surface area contributed by atoms with Crippen LogP contribution in [0, 0.1) is 18.3 Å². The van der Waals surface area contributed by atoms with E-state index in [9.17, 15) is 14.4 Å². The molecule has 6 nitrogen and oxygen atoms in total. The van der Waals surface area contributed by atoms with Crippen molar-refractivity contribution in [2.45, 2.75) is 67.2 Å². The number of aryl methyl sites for hydroxylation is 1. The average molecular weight is 418 g/mol. The van der Waals surface area contributed by atoms with E-state index in [0.717, 1.165) is 24.8 Å². The van der Waals surface area contributed by atoms with Crippen LogP contribution in [0.5, 0.6) is 0 Å². The fourth-order valence-electron chi connectivity index (χ4n) is 3.44. The smallest absolute Gasteiger partial charge is 0.243 e. The molecule has 0 aromatic heterocycles. The van der Waals surface area contributed by atoms with E-state index < -0.39 is 0 Å². The zero-order valence-corrected chi connectivity index (χ0v) is 19.5. The molecule has 0 saturated carbocycles. The Hall–Kier alpha value is -2.37. The van der Waals surface area contributed by atoms with Crippen molar-refractivity contribution >= 4 is 23.4 Å². The standard InChI is InChI=1S/C24H39N3O3/c1-7-8-13-27(23(30)14-19(3)15-24(4,5)6)17-22(29)25-16-21(28)26-20-11-9-18(2)10-12-20/h9-12,19H,7-8,13-17H2,1-6H3,(H,25,29)(H,26,28)/t19-/m0/s1. The Morgan fingerprint density at radius 2 is 1.70 bits per heavy atom. The number of nitrogens with zero attached hydrogens (tertiary/aromatic N) is 1. The fourth-order valence-corrected chi connectivity index (χ4v) is 3.44. The van der Waals surface area contributed by atoms with Crippen molar-refractivity contribution in [1.82, 2.24) is 10.2 Å². The molecule has 6 heteroatoms. The highest BCUT2D eigenvalue weighted by atomic mass is 16.2. The lowest BCUT2D eigenvalue weighted by Crippen LogP contribution is -2.43. The first kappa shape index (κ1) is 25.7. The number of hydrogen-bond donors (Lipinski definition) is 2. The van der Waals surface area contributed by atoms with Gasteiger partial charge in [0.2, 0.25) is 17.7 Å². The van der Waals surface area contributed by atoms with Crippen LogP contribution in [0.4, 0.5) is 5.69 Å². The lowest BCUT2D eigenvalue weighted by molar-refractivity contribution is -0.137. The minimum Gasteiger partial charge on any atom is -0.345 e. The van der Waals surface area contributed by atoms with Crippen LogP contribution >= 0.6 is 0 Å². The van der Waals surface area contributed by atoms with Crippen LogP contribution < -0.4 is 10.6 Å². The molecule has 2 N–H and O–H groups in total. The van der Waals surface area contributed by atoms with Gasteiger partial charge in [-0.3, -0.25) is 14.4 Å². The third kappa shape index (κ3) is 11.0. The van der Waals surface area contributed by atoms with Crippen LogP contribution in [0.25, 0.3) is 0 Å². The van der Waals surface area contributed by atoms with E-state index in [1.807, 2.05) is 31.2 Å². The van der Waals surface area contributed by atoms with Crippen LogP contribution in [0.15, 0.2) is 24.3 Å². The molecule has 1 rings (SSSR count). The van der Waals surface area contributed by atoms with Gasteiger partial charge in [0.25, 0.3) is 0 Å². The van der Waals surface area contributed by atoms with Crippen LogP contribution in [0.3, 0.4) is 0 Å². The summed E-state index contributed by atoms with van der Waals surface area (Å²) >= 11 is 0. The van der Waals surface area contributed by atoms with E-state index in [-0.39, 0.29) is 42.1 Å². The number of anilines is 1. The molecule has 0 aliphatic rings. The molecular formula is C24H39N3O3. The molecule has 3 amide bonds. The molecule has 30 heavy (non-hydrogen) atoms. The summed E-state index contributed by atoms with van der Waals surface area (Å²) in [6, 6.07) is 7.45. The lowest BCUT2D eigenvalue weighted by atomic mass is 9.84. The van der Waals surface area contributed by atoms with Gasteiger partial charge in [0, 0.05) is 18.7 Å². The molecule has 168 valence electrons. The highest BCUT2D eigenvalue weighted by Crippen LogP contribution is 2.26. The number of unbranched alkanes of at least 4 members (excludes halogenated alkanes) is 1. The number of rotatable bonds is 11. The van der Waals surface area contributed by atoms with Gasteiger partial charge in [-0.15, -0.1) is 0 Å². The zero-order valence-electron chi connectivity index (χ0n) is 19.5. The lowest BCUT2D eigenvalue weighted by Gasteiger charge is -2.26. The Morgan fingerprint density at radius 3 is 2.27 bits per heavy atom. The van der Waals surface area contributed by atoms with E-state index in [1.165, 1.54) is 0 Å². The molecule has 0 radical (unpaired) electrons. The summed E-state index contributed by atoms with van der Waals surface area (Å²) < 4.78 is 0. The van der Waals surface area contributed by atoms with Gasteiger partial charge in [-0.1, -0.05) is 58.7 Å². The number of amides is 3. The second-order valence-corrected chi connectivity index (χ2v) is 9.43. The maximum Gasteiger partial charge on any atom is 0.243 e. The Morgan fingerprint density at radius 1 is 1.07 bits per heavy atom. The van der Waals surface area contributed by atoms with Crippen LogP contribution in [0.1, 0.15) is 65.9 Å². The van der Waals surface area contributed by atoms with E-state index in [0.29, 0.717) is 18.7 Å². The number of carbonyl (C=O) groups excluding carboxylic acids is 3. The van der Waals surface area contributed by atoms with Crippen molar-refractivity contribution in [1.29, 1.82) is 0 Å². The van der Waals surface area contributed by atoms with Crippen LogP contribution in [0.2, 0.25) is 0 Å². The third-order valence-corrected chi connectivity index (χ3v) is 4.73. The van der Waals surface area contributed by atoms with Crippen molar-refractivity contribution in [2.24, 2.45) is 11.3 Å². The first-order chi connectivity index (χ1) is 14.0. The quantitative estimate of drug-likeness (QED) is 0.568. The van der Waals surface area contributed by atoms with Gasteiger partial charge in [-0.05, 0) is 43.2 Å². The van der Waals surface area contributed by atoms with Crippen molar-refractivity contribution in [3.05, 3.63) is 29.8 Å². The maximum absolute atomic E-state index is 12.8. The SMILES string of the molecule is CCCCN(CC(=O)NCC(=O)Nc1ccc(C)cc1)C(=O)C[C@H](C)CC(C)(C)C. The molecule has 1 aromatic rings. The average Bonchev–Trinajstić information content (AvgIpc) is 2.63. The molecule has 0 heterocycles. The first-order valence-corrected chi connectivity index (χ1v) is 10.9. The number of benzene rings is 1. The predicted molar refractivity (Wildman–Crippen MR) is 122 cm³/mol. The zero-order chi connectivity index (χ0) is 22.7. The van der Waals surface area contributed by atoms with Gasteiger partial charge >= 0.3 is 0 Å². The van der Waals surface area contributed by atoms with Crippen LogP contribution in [-0.4, -0.2) is 42.3 Å². The Labute approximate surface area is 181 Å². The summed E-state index contributed by atoms with van der Waals surface area (Å²) in [4.78, 5) is 38.8. The molecule has 0 unspecified atom stereocenters. The summed E-state index contributed by atoms with van der Waals surface area (Å²) in [6.45, 7) is 13.0. The van der Waals surface area contributed by atoms with E-state index in [2.05, 4.69) is 45.3 Å². The predicted octanol–water partition coefficient (Wildman–Crippen LogP) is 4.14. The molecule has 0 saturated heterocycles. The van der Waals surface area contributed by atoms with Crippen molar-refractivity contribution in [3.63, 3.8) is 0 Å². The maximum atomic E-state index is 12.8. The molecule has 0 bridgehead atoms.